The molecule has 0 aliphatic carbocycles. The van der Waals surface area contributed by atoms with Crippen molar-refractivity contribution in [3.05, 3.63) is 18.2 Å². The van der Waals surface area contributed by atoms with Crippen molar-refractivity contribution in [1.82, 2.24) is 9.71 Å². The van der Waals surface area contributed by atoms with Gasteiger partial charge in [-0.2, -0.15) is 4.73 Å². The average Bonchev–Trinajstić information content (AvgIpc) is 2.37. The Bertz CT molecular complexity index is 260. The molecule has 0 fully saturated rings. The van der Waals surface area contributed by atoms with Crippen molar-refractivity contribution in [2.24, 2.45) is 0 Å². The minimum Gasteiger partial charge on any atom is -0.335 e. The van der Waals surface area contributed by atoms with Crippen LogP contribution in [0.25, 0.3) is 0 Å². The number of carbonyl (C=O) groups excluding carboxylic acids is 1. The quantitative estimate of drug-likeness (QED) is 0.771. The normalized spacial score (nSPS) is 8.83. The van der Waals surface area contributed by atoms with Gasteiger partial charge in [0.1, 0.15) is 5.82 Å². The third-order valence-electron chi connectivity index (χ3n) is 1.27. The number of hydrogen-bond acceptors (Lipinski definition) is 3. The second-order valence-corrected chi connectivity index (χ2v) is 2.12. The Kier molecular flexibility index (Phi) is 4.58. The highest BCUT2D eigenvalue weighted by Crippen LogP contribution is 1.91. The highest BCUT2D eigenvalue weighted by atomic mass is 79.9. The number of carbonyl (C=O) groups is 1. The first-order valence-corrected chi connectivity index (χ1v) is 3.45. The zero-order chi connectivity index (χ0) is 8.27. The molecule has 1 rings (SSSR count). The monoisotopic (exact) mass is 234 g/mol. The lowest BCUT2D eigenvalue weighted by molar-refractivity contribution is -0.144. The fraction of sp³-hybridized carbons (Fsp3) is 0.429. The molecular formula is C7H11BrN2O2. The van der Waals surface area contributed by atoms with Crippen LogP contribution in [0.3, 0.4) is 0 Å². The molecule has 0 radical (unpaired) electrons. The maximum atomic E-state index is 10.8. The first-order valence-electron chi connectivity index (χ1n) is 3.45. The van der Waals surface area contributed by atoms with E-state index in [9.17, 15) is 4.79 Å². The number of aromatic nitrogens is 2. The van der Waals surface area contributed by atoms with Gasteiger partial charge in [-0.3, -0.25) is 0 Å². The van der Waals surface area contributed by atoms with E-state index in [1.807, 2.05) is 0 Å². The maximum absolute atomic E-state index is 10.8. The van der Waals surface area contributed by atoms with E-state index >= 15 is 0 Å². The van der Waals surface area contributed by atoms with Gasteiger partial charge < -0.3 is 4.84 Å². The average molecular weight is 235 g/mol. The summed E-state index contributed by atoms with van der Waals surface area (Å²) < 4.78 is 1.35. The third kappa shape index (κ3) is 2.65. The largest absolute Gasteiger partial charge is 0.335 e. The second-order valence-electron chi connectivity index (χ2n) is 2.12. The number of halogens is 1. The molecule has 0 atom stereocenters. The highest BCUT2D eigenvalue weighted by molar-refractivity contribution is 8.93. The Hall–Kier alpha value is -0.840. The van der Waals surface area contributed by atoms with E-state index in [0.717, 1.165) is 0 Å². The standard InChI is InChI=1S/C7H10N2O2.BrH/c1-3-7(10)11-9-5-4-8-6(9)2;/h4-5H,3H2,1-2H3;1H. The van der Waals surface area contributed by atoms with Gasteiger partial charge in [-0.15, -0.1) is 17.0 Å². The van der Waals surface area contributed by atoms with Crippen LogP contribution < -0.4 is 4.84 Å². The summed E-state index contributed by atoms with van der Waals surface area (Å²) in [6.07, 6.45) is 3.55. The Morgan fingerprint density at radius 1 is 1.75 bits per heavy atom. The lowest BCUT2D eigenvalue weighted by Gasteiger charge is -2.02. The van der Waals surface area contributed by atoms with Crippen molar-refractivity contribution < 1.29 is 9.63 Å². The van der Waals surface area contributed by atoms with E-state index in [2.05, 4.69) is 4.98 Å². The molecule has 5 heteroatoms. The van der Waals surface area contributed by atoms with Crippen LogP contribution in [-0.4, -0.2) is 15.7 Å². The summed E-state index contributed by atoms with van der Waals surface area (Å²) in [7, 11) is 0. The molecule has 0 spiro atoms. The SMILES string of the molecule is Br.CCC(=O)On1ccnc1C. The van der Waals surface area contributed by atoms with Gasteiger partial charge >= 0.3 is 5.97 Å². The molecule has 0 bridgehead atoms. The molecule has 0 amide bonds. The van der Waals surface area contributed by atoms with Crippen molar-refractivity contribution in [3.8, 4) is 0 Å². The molecule has 1 aromatic rings. The fourth-order valence-electron chi connectivity index (χ4n) is 0.637. The topological polar surface area (TPSA) is 44.1 Å². The summed E-state index contributed by atoms with van der Waals surface area (Å²) in [6, 6.07) is 0. The number of nitrogens with zero attached hydrogens (tertiary/aromatic N) is 2. The van der Waals surface area contributed by atoms with Crippen LogP contribution >= 0.6 is 17.0 Å². The molecule has 0 saturated heterocycles. The molecule has 4 nitrogen and oxygen atoms in total. The van der Waals surface area contributed by atoms with Crippen LogP contribution in [0.2, 0.25) is 0 Å². The summed E-state index contributed by atoms with van der Waals surface area (Å²) in [6.45, 7) is 3.51. The lowest BCUT2D eigenvalue weighted by Crippen LogP contribution is -2.18. The molecule has 68 valence electrons. The van der Waals surface area contributed by atoms with E-state index in [1.165, 1.54) is 4.73 Å². The predicted molar refractivity (Wildman–Crippen MR) is 49.2 cm³/mol. The molecule has 0 unspecified atom stereocenters. The molecule has 0 aliphatic heterocycles. The molecule has 0 N–H and O–H groups in total. The van der Waals surface area contributed by atoms with E-state index in [1.54, 1.807) is 26.2 Å². The molecule has 0 aromatic carbocycles. The Morgan fingerprint density at radius 2 is 2.42 bits per heavy atom. The van der Waals surface area contributed by atoms with Crippen molar-refractivity contribution in [2.75, 3.05) is 0 Å². The van der Waals surface area contributed by atoms with E-state index in [-0.39, 0.29) is 23.0 Å². The molecule has 12 heavy (non-hydrogen) atoms. The van der Waals surface area contributed by atoms with E-state index in [0.29, 0.717) is 12.2 Å². The Morgan fingerprint density at radius 3 is 2.83 bits per heavy atom. The van der Waals surface area contributed by atoms with Crippen LogP contribution in [0.15, 0.2) is 12.4 Å². The van der Waals surface area contributed by atoms with Gasteiger partial charge in [0, 0.05) is 12.6 Å². The summed E-state index contributed by atoms with van der Waals surface area (Å²) in [4.78, 5) is 19.5. The van der Waals surface area contributed by atoms with Crippen molar-refractivity contribution in [2.45, 2.75) is 20.3 Å². The zero-order valence-electron chi connectivity index (χ0n) is 6.98. The molecule has 0 aliphatic rings. The van der Waals surface area contributed by atoms with Gasteiger partial charge in [0.2, 0.25) is 0 Å². The minimum atomic E-state index is -0.258. The molecule has 1 aromatic heterocycles. The Balaban J connectivity index is 0.00000121. The molecule has 0 saturated carbocycles. The van der Waals surface area contributed by atoms with Gasteiger partial charge in [-0.1, -0.05) is 6.92 Å². The number of hydrogen-bond donors (Lipinski definition) is 0. The first-order chi connectivity index (χ1) is 5.24. The third-order valence-corrected chi connectivity index (χ3v) is 1.27. The van der Waals surface area contributed by atoms with Crippen molar-refractivity contribution in [3.63, 3.8) is 0 Å². The molecule has 1 heterocycles. The minimum absolute atomic E-state index is 0. The van der Waals surface area contributed by atoms with Crippen LogP contribution in [0, 0.1) is 6.92 Å². The predicted octanol–water partition coefficient (Wildman–Crippen LogP) is 1.13. The molecular weight excluding hydrogens is 224 g/mol. The highest BCUT2D eigenvalue weighted by Gasteiger charge is 2.01. The number of aryl methyl sites for hydroxylation is 1. The van der Waals surface area contributed by atoms with Crippen LogP contribution in [0.5, 0.6) is 0 Å². The van der Waals surface area contributed by atoms with E-state index < -0.39 is 0 Å². The van der Waals surface area contributed by atoms with Gasteiger partial charge in [0.25, 0.3) is 0 Å². The number of imidazole rings is 1. The first kappa shape index (κ1) is 11.2. The van der Waals surface area contributed by atoms with Crippen LogP contribution in [0.1, 0.15) is 19.2 Å². The van der Waals surface area contributed by atoms with Crippen molar-refractivity contribution in [1.29, 1.82) is 0 Å². The summed E-state index contributed by atoms with van der Waals surface area (Å²) in [5.41, 5.74) is 0. The van der Waals surface area contributed by atoms with E-state index in [4.69, 9.17) is 4.84 Å². The smallest absolute Gasteiger partial charge is 0.332 e. The summed E-state index contributed by atoms with van der Waals surface area (Å²) >= 11 is 0. The Labute approximate surface area is 81.3 Å². The van der Waals surface area contributed by atoms with Crippen molar-refractivity contribution >= 4 is 23.0 Å². The summed E-state index contributed by atoms with van der Waals surface area (Å²) in [5.74, 6) is 0.415. The van der Waals surface area contributed by atoms with Gasteiger partial charge in [0.05, 0.1) is 6.20 Å². The van der Waals surface area contributed by atoms with Crippen LogP contribution in [-0.2, 0) is 4.79 Å². The second kappa shape index (κ2) is 4.92. The van der Waals surface area contributed by atoms with Gasteiger partial charge in [-0.25, -0.2) is 9.78 Å². The zero-order valence-corrected chi connectivity index (χ0v) is 8.69. The maximum Gasteiger partial charge on any atom is 0.332 e. The number of rotatable bonds is 2. The lowest BCUT2D eigenvalue weighted by atomic mass is 10.5. The van der Waals surface area contributed by atoms with Gasteiger partial charge in [0.15, 0.2) is 0 Å². The summed E-state index contributed by atoms with van der Waals surface area (Å²) in [5, 5.41) is 0. The van der Waals surface area contributed by atoms with Crippen LogP contribution in [0.4, 0.5) is 0 Å². The van der Waals surface area contributed by atoms with Gasteiger partial charge in [-0.05, 0) is 6.92 Å². The fourth-order valence-corrected chi connectivity index (χ4v) is 0.637.